The second-order valence-electron chi connectivity index (χ2n) is 6.06. The van der Waals surface area contributed by atoms with E-state index in [0.717, 1.165) is 16.6 Å². The van der Waals surface area contributed by atoms with Crippen LogP contribution in [0.3, 0.4) is 0 Å². The van der Waals surface area contributed by atoms with Crippen molar-refractivity contribution >= 4 is 39.7 Å². The van der Waals surface area contributed by atoms with Crippen molar-refractivity contribution < 1.29 is 4.74 Å². The summed E-state index contributed by atoms with van der Waals surface area (Å²) in [5.74, 6) is 0.529. The molecule has 2 heterocycles. The Morgan fingerprint density at radius 3 is 2.93 bits per heavy atom. The molecule has 0 spiro atoms. The highest BCUT2D eigenvalue weighted by Crippen LogP contribution is 2.25. The first-order valence-electron chi connectivity index (χ1n) is 8.67. The summed E-state index contributed by atoms with van der Waals surface area (Å²) in [5, 5.41) is 6.88. The number of thiazole rings is 1. The molecular weight excluding hydrogens is 396 g/mol. The van der Waals surface area contributed by atoms with Crippen LogP contribution in [0.2, 0.25) is 5.02 Å². The van der Waals surface area contributed by atoms with E-state index in [0.29, 0.717) is 34.6 Å². The summed E-state index contributed by atoms with van der Waals surface area (Å²) in [6.07, 6.45) is 2.41. The van der Waals surface area contributed by atoms with Crippen molar-refractivity contribution in [2.75, 3.05) is 19.0 Å². The van der Waals surface area contributed by atoms with E-state index >= 15 is 0 Å². The Morgan fingerprint density at radius 2 is 2.14 bits per heavy atom. The van der Waals surface area contributed by atoms with Crippen LogP contribution in [0.25, 0.3) is 16.6 Å². The Hall–Kier alpha value is -2.90. The third-order valence-corrected chi connectivity index (χ3v) is 5.20. The fraction of sp³-hybridized carbons (Fsp3) is 0.150. The maximum atomic E-state index is 12.7. The number of benzene rings is 2. The molecule has 8 heteroatoms. The third-order valence-electron chi connectivity index (χ3n) is 4.29. The first-order valence-corrected chi connectivity index (χ1v) is 9.93. The number of anilines is 1. The van der Waals surface area contributed by atoms with Gasteiger partial charge >= 0.3 is 5.69 Å². The number of ether oxygens (including phenoxy) is 1. The number of nitrogens with one attached hydrogen (secondary N) is 1. The number of hydrogen-bond donors (Lipinski definition) is 1. The molecule has 0 radical (unpaired) electrons. The molecule has 0 fully saturated rings. The van der Waals surface area contributed by atoms with Crippen LogP contribution in [-0.2, 0) is 6.42 Å². The number of aromatic nitrogens is 3. The molecule has 0 unspecified atom stereocenters. The van der Waals surface area contributed by atoms with Gasteiger partial charge in [0, 0.05) is 35.5 Å². The van der Waals surface area contributed by atoms with Crippen molar-refractivity contribution in [2.24, 2.45) is 0 Å². The average Bonchev–Trinajstić information content (AvgIpc) is 3.21. The molecule has 28 heavy (non-hydrogen) atoms. The van der Waals surface area contributed by atoms with Crippen LogP contribution in [0, 0.1) is 0 Å². The normalized spacial score (nSPS) is 10.9. The van der Waals surface area contributed by atoms with Crippen LogP contribution in [-0.4, -0.2) is 28.2 Å². The molecule has 0 aliphatic carbocycles. The Labute approximate surface area is 170 Å². The zero-order valence-electron chi connectivity index (χ0n) is 15.1. The molecule has 0 atom stereocenters. The van der Waals surface area contributed by atoms with Crippen LogP contribution in [0.5, 0.6) is 5.19 Å². The number of nitrogens with zero attached hydrogens (tertiary/aromatic N) is 3. The van der Waals surface area contributed by atoms with E-state index in [1.807, 2.05) is 35.7 Å². The molecule has 2 aromatic heterocycles. The Bertz CT molecular complexity index is 1170. The summed E-state index contributed by atoms with van der Waals surface area (Å²) < 4.78 is 7.21. The highest BCUT2D eigenvalue weighted by Gasteiger charge is 2.12. The Balaban J connectivity index is 1.71. The molecule has 2 aromatic carbocycles. The van der Waals surface area contributed by atoms with Crippen molar-refractivity contribution in [1.29, 1.82) is 0 Å². The summed E-state index contributed by atoms with van der Waals surface area (Å²) in [6, 6.07) is 13.2. The van der Waals surface area contributed by atoms with Gasteiger partial charge in [-0.25, -0.2) is 9.78 Å². The minimum absolute atomic E-state index is 0.365. The van der Waals surface area contributed by atoms with Crippen molar-refractivity contribution in [1.82, 2.24) is 14.5 Å². The van der Waals surface area contributed by atoms with Crippen LogP contribution < -0.4 is 15.7 Å². The molecule has 4 rings (SSSR count). The summed E-state index contributed by atoms with van der Waals surface area (Å²) >= 11 is 7.66. The topological polar surface area (TPSA) is 69.0 Å². The fourth-order valence-electron chi connectivity index (χ4n) is 3.03. The molecule has 4 aromatic rings. The molecule has 0 saturated carbocycles. The van der Waals surface area contributed by atoms with Crippen molar-refractivity contribution in [3.05, 3.63) is 75.1 Å². The molecule has 0 amide bonds. The first kappa shape index (κ1) is 18.5. The van der Waals surface area contributed by atoms with Crippen molar-refractivity contribution in [3.8, 4) is 10.9 Å². The number of hydrogen-bond acceptors (Lipinski definition) is 6. The van der Waals surface area contributed by atoms with Crippen molar-refractivity contribution in [2.45, 2.75) is 6.42 Å². The first-order chi connectivity index (χ1) is 13.7. The lowest BCUT2D eigenvalue weighted by molar-refractivity contribution is 0.320. The van der Waals surface area contributed by atoms with Crippen LogP contribution in [0.4, 0.5) is 5.82 Å². The monoisotopic (exact) mass is 412 g/mol. The summed E-state index contributed by atoms with van der Waals surface area (Å²) in [4.78, 5) is 21.0. The van der Waals surface area contributed by atoms with Crippen LogP contribution in [0.15, 0.2) is 58.8 Å². The van der Waals surface area contributed by atoms with Gasteiger partial charge in [-0.3, -0.25) is 4.57 Å². The van der Waals surface area contributed by atoms with Gasteiger partial charge in [-0.1, -0.05) is 35.1 Å². The highest BCUT2D eigenvalue weighted by molar-refractivity contribution is 7.11. The molecule has 6 nitrogen and oxygen atoms in total. The number of halogens is 1. The van der Waals surface area contributed by atoms with E-state index < -0.39 is 0 Å². The Kier molecular flexibility index (Phi) is 5.27. The van der Waals surface area contributed by atoms with E-state index in [1.54, 1.807) is 29.9 Å². The van der Waals surface area contributed by atoms with Gasteiger partial charge in [0.05, 0.1) is 17.8 Å². The summed E-state index contributed by atoms with van der Waals surface area (Å²) in [5.41, 5.74) is 2.12. The fourth-order valence-corrected chi connectivity index (χ4v) is 3.71. The van der Waals surface area contributed by atoms with Gasteiger partial charge < -0.3 is 10.1 Å². The number of fused-ring (bicyclic) bond motifs is 1. The second kappa shape index (κ2) is 8.00. The van der Waals surface area contributed by atoms with Gasteiger partial charge in [-0.15, -0.1) is 0 Å². The van der Waals surface area contributed by atoms with E-state index in [9.17, 15) is 4.79 Å². The van der Waals surface area contributed by atoms with Gasteiger partial charge in [0.15, 0.2) is 0 Å². The van der Waals surface area contributed by atoms with E-state index in [-0.39, 0.29) is 5.69 Å². The number of rotatable bonds is 6. The van der Waals surface area contributed by atoms with E-state index in [1.165, 1.54) is 11.3 Å². The zero-order chi connectivity index (χ0) is 19.5. The van der Waals surface area contributed by atoms with Crippen LogP contribution >= 0.6 is 22.9 Å². The van der Waals surface area contributed by atoms with Gasteiger partial charge in [0.1, 0.15) is 5.82 Å². The molecule has 0 saturated heterocycles. The SMILES string of the molecule is CNc1nc(=O)n(-c2cccc(CCOc3nccs3)c2)c2cc(Cl)ccc12. The predicted octanol–water partition coefficient (Wildman–Crippen LogP) is 4.16. The lowest BCUT2D eigenvalue weighted by atomic mass is 10.1. The largest absolute Gasteiger partial charge is 0.470 e. The van der Waals surface area contributed by atoms with E-state index in [4.69, 9.17) is 16.3 Å². The maximum Gasteiger partial charge on any atom is 0.354 e. The average molecular weight is 413 g/mol. The minimum Gasteiger partial charge on any atom is -0.470 e. The molecule has 1 N–H and O–H groups in total. The maximum absolute atomic E-state index is 12.7. The van der Waals surface area contributed by atoms with Gasteiger partial charge in [-0.05, 0) is 35.9 Å². The highest BCUT2D eigenvalue weighted by atomic mass is 35.5. The van der Waals surface area contributed by atoms with E-state index in [2.05, 4.69) is 15.3 Å². The van der Waals surface area contributed by atoms with Crippen molar-refractivity contribution in [3.63, 3.8) is 0 Å². The molecule has 0 aliphatic rings. The Morgan fingerprint density at radius 1 is 1.25 bits per heavy atom. The quantitative estimate of drug-likeness (QED) is 0.515. The smallest absolute Gasteiger partial charge is 0.354 e. The molecule has 142 valence electrons. The van der Waals surface area contributed by atoms with Gasteiger partial charge in [0.25, 0.3) is 5.19 Å². The minimum atomic E-state index is -0.365. The zero-order valence-corrected chi connectivity index (χ0v) is 16.6. The van der Waals surface area contributed by atoms with Gasteiger partial charge in [0.2, 0.25) is 0 Å². The summed E-state index contributed by atoms with van der Waals surface area (Å²) in [6.45, 7) is 0.509. The lowest BCUT2D eigenvalue weighted by Gasteiger charge is -2.14. The third kappa shape index (κ3) is 3.72. The van der Waals surface area contributed by atoms with Crippen LogP contribution in [0.1, 0.15) is 5.56 Å². The second-order valence-corrected chi connectivity index (χ2v) is 7.35. The molecular formula is C20H17ClN4O2S. The summed E-state index contributed by atoms with van der Waals surface area (Å²) in [7, 11) is 1.74. The predicted molar refractivity (Wildman–Crippen MR) is 113 cm³/mol. The molecule has 0 aliphatic heterocycles. The molecule has 0 bridgehead atoms. The van der Waals surface area contributed by atoms with Gasteiger partial charge in [-0.2, -0.15) is 4.98 Å². The standard InChI is InChI=1S/C20H17ClN4O2S/c1-22-18-16-6-5-14(21)12-17(16)25(19(26)24-18)15-4-2-3-13(11-15)7-9-27-20-23-8-10-28-20/h2-6,8,10-12H,7,9H2,1H3,(H,22,24,26). The lowest BCUT2D eigenvalue weighted by Crippen LogP contribution is -2.23.